The van der Waals surface area contributed by atoms with E-state index in [-0.39, 0.29) is 18.2 Å². The average molecular weight is 265 g/mol. The number of nitrogens with one attached hydrogen (secondary N) is 2. The second-order valence-corrected chi connectivity index (χ2v) is 5.17. The lowest BCUT2D eigenvalue weighted by Crippen LogP contribution is -2.45. The number of aliphatic hydroxyl groups is 1. The highest BCUT2D eigenvalue weighted by Gasteiger charge is 2.35. The predicted molar refractivity (Wildman–Crippen MR) is 76.6 cm³/mol. The molecule has 2 aliphatic heterocycles. The van der Waals surface area contributed by atoms with Crippen molar-refractivity contribution in [3.05, 3.63) is 0 Å². The van der Waals surface area contributed by atoms with E-state index in [1.54, 1.807) is 17.6 Å². The highest BCUT2D eigenvalue weighted by molar-refractivity contribution is 6.03. The van der Waals surface area contributed by atoms with E-state index < -0.39 is 0 Å². The summed E-state index contributed by atoms with van der Waals surface area (Å²) >= 11 is 0. The van der Waals surface area contributed by atoms with Crippen LogP contribution in [0.15, 0.2) is 10.1 Å². The van der Waals surface area contributed by atoms with Crippen molar-refractivity contribution in [2.24, 2.45) is 16.0 Å². The summed E-state index contributed by atoms with van der Waals surface area (Å²) in [6, 6.07) is 0. The smallest absolute Gasteiger partial charge is 0.153 e. The molecule has 2 aliphatic rings. The molecular weight excluding hydrogens is 242 g/mol. The number of hydrazone groups is 1. The summed E-state index contributed by atoms with van der Waals surface area (Å²) in [7, 11) is 0. The van der Waals surface area contributed by atoms with Gasteiger partial charge in [0.25, 0.3) is 0 Å². The monoisotopic (exact) mass is 265 g/mol. The van der Waals surface area contributed by atoms with Gasteiger partial charge in [0, 0.05) is 6.21 Å². The number of aliphatic hydroxyl groups excluding tert-OH is 1. The van der Waals surface area contributed by atoms with Crippen LogP contribution in [0.4, 0.5) is 0 Å². The fraction of sp³-hybridized carbons (Fsp3) is 0.769. The summed E-state index contributed by atoms with van der Waals surface area (Å²) in [6.07, 6.45) is 8.23. The van der Waals surface area contributed by atoms with Gasteiger partial charge in [0.05, 0.1) is 24.9 Å². The van der Waals surface area contributed by atoms with Crippen molar-refractivity contribution >= 4 is 18.4 Å². The summed E-state index contributed by atoms with van der Waals surface area (Å²) in [5, 5.41) is 26.6. The first-order valence-corrected chi connectivity index (χ1v) is 7.07. The highest BCUT2D eigenvalue weighted by Crippen LogP contribution is 2.21. The molecule has 0 saturated carbocycles. The second-order valence-electron chi connectivity index (χ2n) is 5.17. The molecule has 0 aromatic rings. The largest absolute Gasteiger partial charge is 0.391 e. The Labute approximate surface area is 114 Å². The quantitative estimate of drug-likeness (QED) is 0.604. The minimum Gasteiger partial charge on any atom is -0.391 e. The molecule has 6 heteroatoms. The lowest BCUT2D eigenvalue weighted by Gasteiger charge is -2.28. The molecule has 0 fully saturated rings. The average Bonchev–Trinajstić information content (AvgIpc) is 2.80. The minimum atomic E-state index is -0.368. The minimum absolute atomic E-state index is 0.0997. The van der Waals surface area contributed by atoms with Crippen molar-refractivity contribution in [2.75, 3.05) is 6.54 Å². The van der Waals surface area contributed by atoms with Crippen molar-refractivity contribution in [3.8, 4) is 0 Å². The molecule has 0 saturated heterocycles. The van der Waals surface area contributed by atoms with Crippen LogP contribution < -0.4 is 5.32 Å². The summed E-state index contributed by atoms with van der Waals surface area (Å²) in [6.45, 7) is 2.67. The van der Waals surface area contributed by atoms with E-state index in [0.29, 0.717) is 12.4 Å². The third-order valence-electron chi connectivity index (χ3n) is 3.57. The number of rotatable bonds is 7. The van der Waals surface area contributed by atoms with Crippen LogP contribution in [0, 0.1) is 11.3 Å². The Morgan fingerprint density at radius 2 is 2.32 bits per heavy atom. The Morgan fingerprint density at radius 3 is 3.11 bits per heavy atom. The second kappa shape index (κ2) is 6.65. The van der Waals surface area contributed by atoms with E-state index in [4.69, 9.17) is 5.41 Å². The van der Waals surface area contributed by atoms with Crippen LogP contribution in [0.5, 0.6) is 0 Å². The maximum Gasteiger partial charge on any atom is 0.153 e. The van der Waals surface area contributed by atoms with Crippen LogP contribution in [-0.4, -0.2) is 47.3 Å². The van der Waals surface area contributed by atoms with Crippen molar-refractivity contribution < 1.29 is 5.11 Å². The molecule has 2 heterocycles. The van der Waals surface area contributed by atoms with E-state index in [1.165, 1.54) is 19.3 Å². The zero-order valence-electron chi connectivity index (χ0n) is 11.4. The van der Waals surface area contributed by atoms with Gasteiger partial charge in [-0.1, -0.05) is 32.6 Å². The molecule has 0 aromatic carbocycles. The number of hydrogen-bond acceptors (Lipinski definition) is 5. The fourth-order valence-electron chi connectivity index (χ4n) is 2.43. The first-order valence-electron chi connectivity index (χ1n) is 7.07. The van der Waals surface area contributed by atoms with Crippen LogP contribution in [0.25, 0.3) is 0 Å². The zero-order valence-corrected chi connectivity index (χ0v) is 11.4. The molecule has 0 aliphatic carbocycles. The molecule has 2 rings (SSSR count). The van der Waals surface area contributed by atoms with Crippen LogP contribution in [0.3, 0.4) is 0 Å². The highest BCUT2D eigenvalue weighted by atomic mass is 16.3. The van der Waals surface area contributed by atoms with Gasteiger partial charge in [0.2, 0.25) is 0 Å². The van der Waals surface area contributed by atoms with Gasteiger partial charge in [-0.15, -0.1) is 0 Å². The topological polar surface area (TPSA) is 84.1 Å². The van der Waals surface area contributed by atoms with Crippen molar-refractivity contribution in [2.45, 2.75) is 51.3 Å². The molecule has 106 valence electrons. The van der Waals surface area contributed by atoms with Gasteiger partial charge >= 0.3 is 0 Å². The van der Waals surface area contributed by atoms with Gasteiger partial charge in [0.1, 0.15) is 5.84 Å². The molecule has 0 radical (unpaired) electrons. The SMILES string of the molecule is CCCCCCC(O)CN1N=CC2C(=N)NC=NC21. The van der Waals surface area contributed by atoms with Crippen LogP contribution in [0.2, 0.25) is 0 Å². The summed E-state index contributed by atoms with van der Waals surface area (Å²) in [5.41, 5.74) is 0. The molecule has 0 spiro atoms. The lowest BCUT2D eigenvalue weighted by molar-refractivity contribution is 0.0873. The summed E-state index contributed by atoms with van der Waals surface area (Å²) in [4.78, 5) is 4.30. The van der Waals surface area contributed by atoms with Gasteiger partial charge < -0.3 is 10.4 Å². The molecule has 3 atom stereocenters. The van der Waals surface area contributed by atoms with E-state index in [0.717, 1.165) is 12.8 Å². The standard InChI is InChI=1S/C13H23N5O/c1-2-3-4-5-6-10(19)8-18-13-11(7-17-18)12(14)15-9-16-13/h7,9-11,13,19H,2-6,8H2,1H3,(H2,14,15,16). The normalized spacial score (nSPS) is 26.4. The number of β-amino-alcohol motifs (C(OH)–C–C–N with tert-alkyl or cyclic N) is 1. The van der Waals surface area contributed by atoms with Gasteiger partial charge in [-0.25, -0.2) is 4.99 Å². The summed E-state index contributed by atoms with van der Waals surface area (Å²) in [5.74, 6) is 0.320. The molecule has 19 heavy (non-hydrogen) atoms. The fourth-order valence-corrected chi connectivity index (χ4v) is 2.43. The van der Waals surface area contributed by atoms with Gasteiger partial charge in [-0.2, -0.15) is 5.10 Å². The molecule has 6 nitrogen and oxygen atoms in total. The predicted octanol–water partition coefficient (Wildman–Crippen LogP) is 1.17. The maximum atomic E-state index is 10.0. The number of fused-ring (bicyclic) bond motifs is 1. The van der Waals surface area contributed by atoms with E-state index >= 15 is 0 Å². The number of hydrogen-bond donors (Lipinski definition) is 3. The lowest BCUT2D eigenvalue weighted by atomic mass is 10.1. The van der Waals surface area contributed by atoms with Crippen LogP contribution >= 0.6 is 0 Å². The van der Waals surface area contributed by atoms with Crippen molar-refractivity contribution in [1.29, 1.82) is 5.41 Å². The molecule has 0 amide bonds. The molecule has 0 bridgehead atoms. The third kappa shape index (κ3) is 3.53. The Balaban J connectivity index is 1.77. The van der Waals surface area contributed by atoms with Gasteiger partial charge in [-0.05, 0) is 6.42 Å². The van der Waals surface area contributed by atoms with Gasteiger partial charge in [-0.3, -0.25) is 10.4 Å². The molecular formula is C13H23N5O. The van der Waals surface area contributed by atoms with Crippen molar-refractivity contribution in [3.63, 3.8) is 0 Å². The number of amidine groups is 1. The van der Waals surface area contributed by atoms with Crippen LogP contribution in [0.1, 0.15) is 39.0 Å². The molecule has 3 N–H and O–H groups in total. The molecule has 3 unspecified atom stereocenters. The van der Waals surface area contributed by atoms with E-state index in [2.05, 4.69) is 22.3 Å². The number of nitrogens with zero attached hydrogens (tertiary/aromatic N) is 3. The summed E-state index contributed by atoms with van der Waals surface area (Å²) < 4.78 is 0. The third-order valence-corrected chi connectivity index (χ3v) is 3.57. The Morgan fingerprint density at radius 1 is 1.47 bits per heavy atom. The number of unbranched alkanes of at least 4 members (excludes halogenated alkanes) is 3. The maximum absolute atomic E-state index is 10.0. The zero-order chi connectivity index (χ0) is 13.7. The Kier molecular flexibility index (Phi) is 4.90. The Bertz CT molecular complexity index is 368. The first kappa shape index (κ1) is 14.0. The van der Waals surface area contributed by atoms with Crippen LogP contribution in [-0.2, 0) is 0 Å². The van der Waals surface area contributed by atoms with E-state index in [9.17, 15) is 5.11 Å². The van der Waals surface area contributed by atoms with Crippen molar-refractivity contribution in [1.82, 2.24) is 10.3 Å². The van der Waals surface area contributed by atoms with Gasteiger partial charge in [0.15, 0.2) is 6.17 Å². The Hall–Kier alpha value is -1.43. The number of aliphatic imine (C=N–C) groups is 1. The molecule has 0 aromatic heterocycles. The first-order chi connectivity index (χ1) is 9.22. The van der Waals surface area contributed by atoms with E-state index in [1.807, 2.05) is 0 Å².